The molecular formula is C24H29N7O2. The number of hydrogen-bond donors (Lipinski definition) is 1. The Morgan fingerprint density at radius 1 is 1.12 bits per heavy atom. The van der Waals surface area contributed by atoms with Crippen LogP contribution in [0.4, 0.5) is 0 Å². The highest BCUT2D eigenvalue weighted by Gasteiger charge is 2.50. The van der Waals surface area contributed by atoms with Crippen LogP contribution in [0.2, 0.25) is 0 Å². The smallest absolute Gasteiger partial charge is 0.273 e. The number of hydrogen-bond acceptors (Lipinski definition) is 5. The number of piperidine rings is 1. The molecule has 1 N–H and O–H groups in total. The minimum absolute atomic E-state index is 0.0542. The third-order valence-corrected chi connectivity index (χ3v) is 7.23. The van der Waals surface area contributed by atoms with Crippen molar-refractivity contribution in [3.63, 3.8) is 0 Å². The van der Waals surface area contributed by atoms with Crippen molar-refractivity contribution >= 4 is 11.8 Å². The van der Waals surface area contributed by atoms with Gasteiger partial charge in [0, 0.05) is 32.4 Å². The van der Waals surface area contributed by atoms with Crippen LogP contribution in [-0.2, 0) is 13.1 Å². The van der Waals surface area contributed by atoms with Crippen molar-refractivity contribution in [2.75, 3.05) is 13.1 Å². The minimum Gasteiger partial charge on any atom is -0.347 e. The van der Waals surface area contributed by atoms with Gasteiger partial charge in [0.25, 0.3) is 11.8 Å². The third kappa shape index (κ3) is 4.15. The summed E-state index contributed by atoms with van der Waals surface area (Å²) >= 11 is 0. The van der Waals surface area contributed by atoms with Gasteiger partial charge in [-0.2, -0.15) is 5.10 Å². The minimum atomic E-state index is -0.216. The lowest BCUT2D eigenvalue weighted by Gasteiger charge is -2.53. The zero-order chi connectivity index (χ0) is 22.8. The van der Waals surface area contributed by atoms with Crippen molar-refractivity contribution in [1.82, 2.24) is 35.0 Å². The molecule has 2 aromatic heterocycles. The van der Waals surface area contributed by atoms with Gasteiger partial charge in [-0.15, -0.1) is 5.10 Å². The number of amides is 2. The van der Waals surface area contributed by atoms with E-state index < -0.39 is 0 Å². The highest BCUT2D eigenvalue weighted by atomic mass is 16.2. The Morgan fingerprint density at radius 3 is 2.58 bits per heavy atom. The summed E-state index contributed by atoms with van der Waals surface area (Å²) in [6.45, 7) is 4.67. The van der Waals surface area contributed by atoms with Crippen LogP contribution in [0.15, 0.2) is 48.9 Å². The zero-order valence-corrected chi connectivity index (χ0v) is 18.9. The summed E-state index contributed by atoms with van der Waals surface area (Å²) < 4.78 is 3.64. The first-order valence-corrected chi connectivity index (χ1v) is 11.6. The molecule has 3 aromatic rings. The van der Waals surface area contributed by atoms with Crippen molar-refractivity contribution in [3.8, 4) is 0 Å². The van der Waals surface area contributed by atoms with Crippen LogP contribution in [-0.4, -0.2) is 54.6 Å². The zero-order valence-electron chi connectivity index (χ0n) is 18.9. The number of aryl methyl sites for hydroxylation is 1. The van der Waals surface area contributed by atoms with Gasteiger partial charge in [0.05, 0.1) is 24.0 Å². The Balaban J connectivity index is 1.18. The molecule has 1 atom stereocenters. The van der Waals surface area contributed by atoms with E-state index >= 15 is 0 Å². The number of aromatic nitrogens is 5. The SMILES string of the molecule is CCn1cc(C(=O)N2CCC3(CCC3n3cc(C(=O)NCc4ccccc4)nn3)CC2)cn1. The van der Waals surface area contributed by atoms with Crippen LogP contribution < -0.4 is 5.32 Å². The second kappa shape index (κ2) is 8.80. The van der Waals surface area contributed by atoms with Gasteiger partial charge in [0.2, 0.25) is 0 Å². The number of carbonyl (C=O) groups is 2. The fourth-order valence-corrected chi connectivity index (χ4v) is 5.06. The van der Waals surface area contributed by atoms with Crippen molar-refractivity contribution in [2.45, 2.75) is 51.7 Å². The Hall–Kier alpha value is -3.49. The lowest BCUT2D eigenvalue weighted by atomic mass is 9.59. The van der Waals surface area contributed by atoms with E-state index in [1.54, 1.807) is 17.1 Å². The van der Waals surface area contributed by atoms with E-state index in [0.717, 1.165) is 50.9 Å². The van der Waals surface area contributed by atoms with E-state index in [9.17, 15) is 9.59 Å². The van der Waals surface area contributed by atoms with Crippen LogP contribution >= 0.6 is 0 Å². The first kappa shape index (κ1) is 21.4. The number of rotatable bonds is 6. The Bertz CT molecular complexity index is 1130. The molecule has 0 radical (unpaired) electrons. The number of carbonyl (C=O) groups excluding carboxylic acids is 2. The average Bonchev–Trinajstić information content (AvgIpc) is 3.52. The maximum absolute atomic E-state index is 12.8. The maximum Gasteiger partial charge on any atom is 0.273 e. The van der Waals surface area contributed by atoms with Gasteiger partial charge in [0.15, 0.2) is 5.69 Å². The molecule has 172 valence electrons. The fraction of sp³-hybridized carbons (Fsp3) is 0.458. The molecule has 9 nitrogen and oxygen atoms in total. The fourth-order valence-electron chi connectivity index (χ4n) is 5.06. The molecule has 1 spiro atoms. The molecule has 1 aromatic carbocycles. The topological polar surface area (TPSA) is 97.9 Å². The first-order chi connectivity index (χ1) is 16.1. The van der Waals surface area contributed by atoms with E-state index in [2.05, 4.69) is 20.7 Å². The summed E-state index contributed by atoms with van der Waals surface area (Å²) in [7, 11) is 0. The van der Waals surface area contributed by atoms with Gasteiger partial charge >= 0.3 is 0 Å². The van der Waals surface area contributed by atoms with Gasteiger partial charge in [-0.25, -0.2) is 4.68 Å². The summed E-state index contributed by atoms with van der Waals surface area (Å²) in [5.41, 5.74) is 2.16. The largest absolute Gasteiger partial charge is 0.347 e. The van der Waals surface area contributed by atoms with Crippen molar-refractivity contribution in [2.24, 2.45) is 5.41 Å². The number of benzene rings is 1. The molecule has 1 saturated carbocycles. The molecule has 1 saturated heterocycles. The molecule has 2 aliphatic rings. The molecule has 1 aliphatic carbocycles. The van der Waals surface area contributed by atoms with Gasteiger partial charge in [-0.1, -0.05) is 35.5 Å². The Labute approximate surface area is 192 Å². The van der Waals surface area contributed by atoms with E-state index in [0.29, 0.717) is 17.8 Å². The molecular weight excluding hydrogens is 418 g/mol. The van der Waals surface area contributed by atoms with Crippen molar-refractivity contribution in [3.05, 3.63) is 65.7 Å². The Morgan fingerprint density at radius 2 is 1.91 bits per heavy atom. The van der Waals surface area contributed by atoms with Crippen LogP contribution in [0.5, 0.6) is 0 Å². The molecule has 0 bridgehead atoms. The highest BCUT2D eigenvalue weighted by molar-refractivity contribution is 5.93. The molecule has 3 heterocycles. The summed E-state index contributed by atoms with van der Waals surface area (Å²) in [5, 5.41) is 15.6. The highest BCUT2D eigenvalue weighted by Crippen LogP contribution is 2.56. The molecule has 2 amide bonds. The quantitative estimate of drug-likeness (QED) is 0.627. The number of nitrogens with zero attached hydrogens (tertiary/aromatic N) is 6. The second-order valence-corrected chi connectivity index (χ2v) is 9.05. The van der Waals surface area contributed by atoms with Gasteiger partial charge in [0.1, 0.15) is 0 Å². The Kier molecular flexibility index (Phi) is 5.70. The first-order valence-electron chi connectivity index (χ1n) is 11.6. The maximum atomic E-state index is 12.8. The van der Waals surface area contributed by atoms with E-state index in [1.807, 2.05) is 53.0 Å². The predicted molar refractivity (Wildman–Crippen MR) is 121 cm³/mol. The molecule has 33 heavy (non-hydrogen) atoms. The van der Waals surface area contributed by atoms with E-state index in [1.165, 1.54) is 0 Å². The van der Waals surface area contributed by atoms with Gasteiger partial charge in [-0.05, 0) is 43.6 Å². The molecule has 5 rings (SSSR count). The van der Waals surface area contributed by atoms with E-state index in [4.69, 9.17) is 0 Å². The lowest BCUT2D eigenvalue weighted by Crippen LogP contribution is -2.51. The lowest BCUT2D eigenvalue weighted by molar-refractivity contribution is -0.0268. The summed E-state index contributed by atoms with van der Waals surface area (Å²) in [4.78, 5) is 27.3. The van der Waals surface area contributed by atoms with Crippen LogP contribution in [0.3, 0.4) is 0 Å². The summed E-state index contributed by atoms with van der Waals surface area (Å²) in [6.07, 6.45) is 9.24. The van der Waals surface area contributed by atoms with Crippen LogP contribution in [0.25, 0.3) is 0 Å². The normalized spacial score (nSPS) is 19.3. The molecule has 9 heteroatoms. The summed E-state index contributed by atoms with van der Waals surface area (Å²) in [5.74, 6) is -0.162. The molecule has 1 aliphatic heterocycles. The molecule has 2 fully saturated rings. The van der Waals surface area contributed by atoms with Crippen molar-refractivity contribution in [1.29, 1.82) is 0 Å². The molecule has 1 unspecified atom stereocenters. The van der Waals surface area contributed by atoms with Crippen LogP contribution in [0.1, 0.15) is 65.1 Å². The second-order valence-electron chi connectivity index (χ2n) is 9.05. The van der Waals surface area contributed by atoms with Gasteiger partial charge in [-0.3, -0.25) is 14.3 Å². The summed E-state index contributed by atoms with van der Waals surface area (Å²) in [6, 6.07) is 10.0. The predicted octanol–water partition coefficient (Wildman–Crippen LogP) is 2.68. The van der Waals surface area contributed by atoms with Gasteiger partial charge < -0.3 is 10.2 Å². The standard InChI is InChI=1S/C24H29N7O2/c1-2-30-16-19(15-26-30)23(33)29-12-10-24(11-13-29)9-8-21(24)31-17-20(27-28-31)22(32)25-14-18-6-4-3-5-7-18/h3-7,15-17,21H,2,8-14H2,1H3,(H,25,32). The third-order valence-electron chi connectivity index (χ3n) is 7.23. The van der Waals surface area contributed by atoms with Crippen LogP contribution in [0, 0.1) is 5.41 Å². The average molecular weight is 448 g/mol. The number of nitrogens with one attached hydrogen (secondary N) is 1. The monoisotopic (exact) mass is 447 g/mol. The number of likely N-dealkylation sites (tertiary alicyclic amines) is 1. The van der Waals surface area contributed by atoms with Crippen molar-refractivity contribution < 1.29 is 9.59 Å². The van der Waals surface area contributed by atoms with E-state index in [-0.39, 0.29) is 23.3 Å².